The van der Waals surface area contributed by atoms with Crippen LogP contribution in [0.15, 0.2) is 41.9 Å². The molecule has 5 nitrogen and oxygen atoms in total. The number of rotatable bonds is 6. The number of carbonyl (C=O) groups is 1. The van der Waals surface area contributed by atoms with Crippen molar-refractivity contribution in [2.24, 2.45) is 0 Å². The Morgan fingerprint density at radius 3 is 2.73 bits per heavy atom. The van der Waals surface area contributed by atoms with Gasteiger partial charge in [0.2, 0.25) is 0 Å². The molecular formula is C19H20ClN3O2S. The molecule has 26 heavy (non-hydrogen) atoms. The highest BCUT2D eigenvalue weighted by molar-refractivity contribution is 7.09. The molecule has 0 bridgehead atoms. The highest BCUT2D eigenvalue weighted by atomic mass is 35.5. The van der Waals surface area contributed by atoms with E-state index in [4.69, 9.17) is 16.3 Å². The summed E-state index contributed by atoms with van der Waals surface area (Å²) in [5.74, 6) is 1.03. The molecule has 2 aromatic heterocycles. The number of aromatic nitrogens is 2. The van der Waals surface area contributed by atoms with Crippen molar-refractivity contribution in [1.29, 1.82) is 0 Å². The molecule has 1 atom stereocenters. The highest BCUT2D eigenvalue weighted by Gasteiger charge is 2.17. The van der Waals surface area contributed by atoms with Crippen LogP contribution in [0.25, 0.3) is 0 Å². The zero-order valence-corrected chi connectivity index (χ0v) is 16.4. The summed E-state index contributed by atoms with van der Waals surface area (Å²) in [5, 5.41) is 9.88. The number of ether oxygens (including phenoxy) is 1. The Hall–Kier alpha value is -2.31. The molecule has 136 valence electrons. The first kappa shape index (κ1) is 18.5. The summed E-state index contributed by atoms with van der Waals surface area (Å²) in [5.41, 5.74) is 1.84. The van der Waals surface area contributed by atoms with E-state index in [0.717, 1.165) is 11.1 Å². The lowest BCUT2D eigenvalue weighted by Gasteiger charge is -2.16. The molecule has 3 aromatic rings. The molecule has 0 saturated carbocycles. The van der Waals surface area contributed by atoms with Gasteiger partial charge in [0.05, 0.1) is 12.7 Å². The smallest absolute Gasteiger partial charge is 0.266 e. The van der Waals surface area contributed by atoms with Gasteiger partial charge in [-0.3, -0.25) is 4.79 Å². The topological polar surface area (TPSA) is 56.1 Å². The van der Waals surface area contributed by atoms with Crippen LogP contribution in [0.2, 0.25) is 5.02 Å². The minimum absolute atomic E-state index is 0.233. The fraction of sp³-hybridized carbons (Fsp3) is 0.263. The van der Waals surface area contributed by atoms with Crippen molar-refractivity contribution in [1.82, 2.24) is 9.78 Å². The van der Waals surface area contributed by atoms with Gasteiger partial charge < -0.3 is 10.1 Å². The quantitative estimate of drug-likeness (QED) is 0.666. The van der Waals surface area contributed by atoms with Crippen molar-refractivity contribution in [2.75, 3.05) is 5.32 Å². The maximum atomic E-state index is 12.5. The summed E-state index contributed by atoms with van der Waals surface area (Å²) in [6.45, 7) is 6.16. The number of benzene rings is 1. The van der Waals surface area contributed by atoms with Gasteiger partial charge in [0.25, 0.3) is 5.91 Å². The molecule has 1 N–H and O–H groups in total. The van der Waals surface area contributed by atoms with Gasteiger partial charge in [-0.1, -0.05) is 17.7 Å². The first-order chi connectivity index (χ1) is 12.4. The van der Waals surface area contributed by atoms with E-state index < -0.39 is 6.10 Å². The lowest BCUT2D eigenvalue weighted by molar-refractivity contribution is -0.122. The number of halogens is 1. The van der Waals surface area contributed by atoms with Gasteiger partial charge in [0, 0.05) is 16.0 Å². The van der Waals surface area contributed by atoms with Crippen LogP contribution in [-0.4, -0.2) is 21.8 Å². The molecule has 3 rings (SSSR count). The molecule has 0 aliphatic heterocycles. The van der Waals surface area contributed by atoms with Crippen molar-refractivity contribution in [3.63, 3.8) is 0 Å². The van der Waals surface area contributed by atoms with Gasteiger partial charge in [-0.15, -0.1) is 11.3 Å². The maximum absolute atomic E-state index is 12.5. The van der Waals surface area contributed by atoms with E-state index in [1.54, 1.807) is 35.2 Å². The van der Waals surface area contributed by atoms with Crippen LogP contribution >= 0.6 is 22.9 Å². The third-order valence-electron chi connectivity index (χ3n) is 3.95. The summed E-state index contributed by atoms with van der Waals surface area (Å²) < 4.78 is 7.55. The van der Waals surface area contributed by atoms with Gasteiger partial charge in [0.15, 0.2) is 6.10 Å². The highest BCUT2D eigenvalue weighted by Crippen LogP contribution is 2.26. The number of carbonyl (C=O) groups excluding carboxylic acids is 1. The van der Waals surface area contributed by atoms with Gasteiger partial charge >= 0.3 is 0 Å². The van der Waals surface area contributed by atoms with Crippen LogP contribution in [0.4, 0.5) is 5.82 Å². The largest absolute Gasteiger partial charge is 0.481 e. The predicted molar refractivity (Wildman–Crippen MR) is 105 cm³/mol. The molecule has 0 spiro atoms. The molecule has 0 saturated heterocycles. The fourth-order valence-corrected chi connectivity index (χ4v) is 3.37. The lowest BCUT2D eigenvalue weighted by atomic mass is 10.1. The van der Waals surface area contributed by atoms with E-state index in [1.807, 2.05) is 43.5 Å². The number of nitrogens with one attached hydrogen (secondary N) is 1. The minimum atomic E-state index is -0.653. The number of thiophene rings is 1. The van der Waals surface area contributed by atoms with Crippen molar-refractivity contribution in [3.05, 3.63) is 62.9 Å². The number of nitrogens with zero attached hydrogens (tertiary/aromatic N) is 2. The summed E-state index contributed by atoms with van der Waals surface area (Å²) in [6.07, 6.45) is 1.01. The van der Waals surface area contributed by atoms with Crippen LogP contribution in [0.3, 0.4) is 0 Å². The Labute approximate surface area is 161 Å². The molecule has 0 fully saturated rings. The lowest BCUT2D eigenvalue weighted by Crippen LogP contribution is -2.31. The standard InChI is InChI=1S/C19H20ClN3O2S/c1-12-9-15(10-13(2)18(12)20)25-14(3)19(24)22-17-6-7-21-23(17)11-16-5-4-8-26-16/h4-10,14H,11H2,1-3H3,(H,22,24). The van der Waals surface area contributed by atoms with Crippen LogP contribution < -0.4 is 10.1 Å². The second-order valence-electron chi connectivity index (χ2n) is 6.07. The number of hydrogen-bond donors (Lipinski definition) is 1. The zero-order chi connectivity index (χ0) is 18.7. The third kappa shape index (κ3) is 4.26. The van der Waals surface area contributed by atoms with Gasteiger partial charge in [-0.2, -0.15) is 5.10 Å². The molecule has 1 unspecified atom stereocenters. The Balaban J connectivity index is 1.66. The number of aryl methyl sites for hydroxylation is 2. The van der Waals surface area contributed by atoms with Crippen LogP contribution in [-0.2, 0) is 11.3 Å². The Morgan fingerprint density at radius 1 is 1.35 bits per heavy atom. The molecule has 2 heterocycles. The molecule has 1 amide bonds. The average molecular weight is 390 g/mol. The molecule has 0 radical (unpaired) electrons. The van der Waals surface area contributed by atoms with Crippen molar-refractivity contribution >= 4 is 34.7 Å². The zero-order valence-electron chi connectivity index (χ0n) is 14.8. The maximum Gasteiger partial charge on any atom is 0.266 e. The minimum Gasteiger partial charge on any atom is -0.481 e. The summed E-state index contributed by atoms with van der Waals surface area (Å²) in [4.78, 5) is 13.7. The van der Waals surface area contributed by atoms with Crippen molar-refractivity contribution in [2.45, 2.75) is 33.4 Å². The van der Waals surface area contributed by atoms with Gasteiger partial charge in [-0.25, -0.2) is 4.68 Å². The van der Waals surface area contributed by atoms with Crippen LogP contribution in [0.1, 0.15) is 22.9 Å². The van der Waals surface area contributed by atoms with E-state index in [9.17, 15) is 4.79 Å². The second-order valence-corrected chi connectivity index (χ2v) is 7.48. The van der Waals surface area contributed by atoms with Crippen molar-refractivity contribution < 1.29 is 9.53 Å². The molecule has 0 aliphatic carbocycles. The summed E-state index contributed by atoms with van der Waals surface area (Å²) in [7, 11) is 0. The normalized spacial score (nSPS) is 12.0. The van der Waals surface area contributed by atoms with E-state index in [0.29, 0.717) is 23.1 Å². The fourth-order valence-electron chi connectivity index (χ4n) is 2.57. The Morgan fingerprint density at radius 2 is 2.08 bits per heavy atom. The first-order valence-corrected chi connectivity index (χ1v) is 9.48. The van der Waals surface area contributed by atoms with E-state index in [1.165, 1.54) is 4.88 Å². The molecular weight excluding hydrogens is 370 g/mol. The monoisotopic (exact) mass is 389 g/mol. The van der Waals surface area contributed by atoms with Crippen LogP contribution in [0, 0.1) is 13.8 Å². The summed E-state index contributed by atoms with van der Waals surface area (Å²) in [6, 6.07) is 9.47. The number of amides is 1. The molecule has 1 aromatic carbocycles. The predicted octanol–water partition coefficient (Wildman–Crippen LogP) is 4.67. The SMILES string of the molecule is Cc1cc(OC(C)C(=O)Nc2ccnn2Cc2cccs2)cc(C)c1Cl. The number of hydrogen-bond acceptors (Lipinski definition) is 4. The second kappa shape index (κ2) is 7.93. The molecule has 0 aliphatic rings. The Kier molecular flexibility index (Phi) is 5.64. The number of anilines is 1. The van der Waals surface area contributed by atoms with Crippen molar-refractivity contribution in [3.8, 4) is 5.75 Å². The first-order valence-electron chi connectivity index (χ1n) is 8.22. The average Bonchev–Trinajstić information content (AvgIpc) is 3.25. The Bertz CT molecular complexity index is 882. The van der Waals surface area contributed by atoms with Gasteiger partial charge in [0.1, 0.15) is 11.6 Å². The summed E-state index contributed by atoms with van der Waals surface area (Å²) >= 11 is 7.83. The van der Waals surface area contributed by atoms with E-state index in [-0.39, 0.29) is 5.91 Å². The van der Waals surface area contributed by atoms with E-state index in [2.05, 4.69) is 10.4 Å². The van der Waals surface area contributed by atoms with Crippen LogP contribution in [0.5, 0.6) is 5.75 Å². The molecule has 7 heteroatoms. The van der Waals surface area contributed by atoms with E-state index >= 15 is 0 Å². The third-order valence-corrected chi connectivity index (χ3v) is 5.40. The van der Waals surface area contributed by atoms with Gasteiger partial charge in [-0.05, 0) is 55.5 Å².